The van der Waals surface area contributed by atoms with Crippen LogP contribution in [0, 0.1) is 10.6 Å². The van der Waals surface area contributed by atoms with Crippen LogP contribution in [0.25, 0.3) is 5.57 Å². The average Bonchev–Trinajstić information content (AvgIpc) is 2.54. The third kappa shape index (κ3) is 3.80. The van der Waals surface area contributed by atoms with Crippen LogP contribution in [0.3, 0.4) is 0 Å². The van der Waals surface area contributed by atoms with Crippen LogP contribution in [-0.2, 0) is 21.1 Å². The Balaban J connectivity index is 2.07. The van der Waals surface area contributed by atoms with Gasteiger partial charge in [-0.2, -0.15) is 4.21 Å². The van der Waals surface area contributed by atoms with Gasteiger partial charge in [-0.1, -0.05) is 24.3 Å². The lowest BCUT2D eigenvalue weighted by atomic mass is 9.83. The largest absolute Gasteiger partial charge is 0.483 e. The number of nitrogens with one attached hydrogen (secondary N) is 1. The minimum atomic E-state index is -4.02. The highest BCUT2D eigenvalue weighted by atomic mass is 32.2. The van der Waals surface area contributed by atoms with Crippen molar-refractivity contribution in [1.29, 1.82) is 4.78 Å². The van der Waals surface area contributed by atoms with Gasteiger partial charge in [0.25, 0.3) is 10.3 Å². The molecular formula is C19H20FNO4S. The van der Waals surface area contributed by atoms with Crippen LogP contribution >= 0.6 is 0 Å². The fourth-order valence-electron chi connectivity index (χ4n) is 2.94. The van der Waals surface area contributed by atoms with E-state index in [1.54, 1.807) is 24.3 Å². The first-order chi connectivity index (χ1) is 12.1. The Labute approximate surface area is 152 Å². The van der Waals surface area contributed by atoms with Crippen molar-refractivity contribution in [3.63, 3.8) is 0 Å². The summed E-state index contributed by atoms with van der Waals surface area (Å²) in [5, 5.41) is 0. The predicted molar refractivity (Wildman–Crippen MR) is 97.5 cm³/mol. The fraction of sp³-hybridized carbons (Fsp3) is 0.263. The van der Waals surface area contributed by atoms with Crippen molar-refractivity contribution < 1.29 is 22.1 Å². The van der Waals surface area contributed by atoms with Crippen molar-refractivity contribution in [2.24, 2.45) is 0 Å². The lowest BCUT2D eigenvalue weighted by Crippen LogP contribution is -2.33. The molecule has 5 nitrogen and oxygen atoms in total. The van der Waals surface area contributed by atoms with Gasteiger partial charge in [0.15, 0.2) is 0 Å². The Bertz CT molecular complexity index is 979. The van der Waals surface area contributed by atoms with Crippen molar-refractivity contribution in [3.05, 3.63) is 70.5 Å². The van der Waals surface area contributed by atoms with E-state index in [2.05, 4.69) is 4.18 Å². The van der Waals surface area contributed by atoms with Gasteiger partial charge >= 0.3 is 0 Å². The second-order valence-electron chi connectivity index (χ2n) is 6.69. The molecule has 0 aliphatic carbocycles. The maximum Gasteiger partial charge on any atom is 0.287 e. The third-order valence-corrected chi connectivity index (χ3v) is 4.91. The molecule has 138 valence electrons. The van der Waals surface area contributed by atoms with E-state index in [1.165, 1.54) is 12.1 Å². The molecule has 0 spiro atoms. The first-order valence-electron chi connectivity index (χ1n) is 8.02. The number of hydrogen-bond donors (Lipinski definition) is 2. The van der Waals surface area contributed by atoms with E-state index < -0.39 is 15.9 Å². The summed E-state index contributed by atoms with van der Waals surface area (Å²) in [5.74, 6) is 0.310. The summed E-state index contributed by atoms with van der Waals surface area (Å²) >= 11 is 0. The average molecular weight is 377 g/mol. The lowest BCUT2D eigenvalue weighted by Gasteiger charge is -2.36. The second-order valence-corrected chi connectivity index (χ2v) is 7.87. The van der Waals surface area contributed by atoms with Gasteiger partial charge in [0.1, 0.15) is 17.2 Å². The maximum atomic E-state index is 13.3. The minimum Gasteiger partial charge on any atom is -0.483 e. The molecule has 1 heterocycles. The van der Waals surface area contributed by atoms with Crippen molar-refractivity contribution >= 4 is 15.9 Å². The molecule has 2 N–H and O–H groups in total. The van der Waals surface area contributed by atoms with Crippen LogP contribution in [0.4, 0.5) is 4.39 Å². The van der Waals surface area contributed by atoms with Crippen LogP contribution in [0.15, 0.2) is 48.0 Å². The van der Waals surface area contributed by atoms with E-state index in [4.69, 9.17) is 14.1 Å². The van der Waals surface area contributed by atoms with E-state index >= 15 is 0 Å². The molecule has 26 heavy (non-hydrogen) atoms. The standard InChI is InChI=1S/C19H20FNO4S/c1-12-18(14-5-7-15(20)8-6-14)16-9-4-13(11-24-26(21,22)23)10-17(16)25-19(12,2)3/h4-10H,11H2,1-3H3,(H2,21,22,23). The molecule has 0 aromatic heterocycles. The highest BCUT2D eigenvalue weighted by Crippen LogP contribution is 2.44. The molecule has 0 bridgehead atoms. The molecule has 3 rings (SSSR count). The molecule has 0 saturated heterocycles. The molecule has 0 saturated carbocycles. The Hall–Kier alpha value is -2.22. The summed E-state index contributed by atoms with van der Waals surface area (Å²) in [5.41, 5.74) is 3.77. The van der Waals surface area contributed by atoms with Crippen LogP contribution < -0.4 is 4.74 Å². The van der Waals surface area contributed by atoms with Gasteiger partial charge in [-0.3, -0.25) is 8.74 Å². The van der Waals surface area contributed by atoms with E-state index in [-0.39, 0.29) is 12.4 Å². The molecule has 0 amide bonds. The van der Waals surface area contributed by atoms with Crippen molar-refractivity contribution in [2.45, 2.75) is 33.0 Å². The SMILES string of the molecule is CC1=C(c2ccc(F)cc2)c2ccc(COS(=N)(=O)O)cc2OC1(C)C. The van der Waals surface area contributed by atoms with E-state index in [0.717, 1.165) is 22.3 Å². The number of benzene rings is 2. The number of halogens is 1. The number of hydrogen-bond acceptors (Lipinski definition) is 4. The van der Waals surface area contributed by atoms with Crippen molar-refractivity contribution in [3.8, 4) is 5.75 Å². The second kappa shape index (κ2) is 6.50. The summed E-state index contributed by atoms with van der Waals surface area (Å²) in [6, 6.07) is 11.6. The van der Waals surface area contributed by atoms with Gasteiger partial charge in [0.05, 0.1) is 6.61 Å². The number of fused-ring (bicyclic) bond motifs is 1. The molecule has 7 heteroatoms. The van der Waals surface area contributed by atoms with Gasteiger partial charge in [0.2, 0.25) is 0 Å². The van der Waals surface area contributed by atoms with Gasteiger partial charge < -0.3 is 4.74 Å². The van der Waals surface area contributed by atoms with E-state index in [9.17, 15) is 8.60 Å². The monoisotopic (exact) mass is 377 g/mol. The molecule has 0 fully saturated rings. The zero-order valence-electron chi connectivity index (χ0n) is 14.7. The molecule has 0 radical (unpaired) electrons. The molecule has 2 aromatic rings. The molecule has 2 aromatic carbocycles. The summed E-state index contributed by atoms with van der Waals surface area (Å²) in [6.45, 7) is 5.70. The van der Waals surface area contributed by atoms with Crippen LogP contribution in [-0.4, -0.2) is 14.4 Å². The fourth-order valence-corrected chi connectivity index (χ4v) is 3.23. The minimum absolute atomic E-state index is 0.176. The highest BCUT2D eigenvalue weighted by molar-refractivity contribution is 7.82. The van der Waals surface area contributed by atoms with Gasteiger partial charge in [-0.15, -0.1) is 0 Å². The van der Waals surface area contributed by atoms with Crippen LogP contribution in [0.2, 0.25) is 0 Å². The zero-order chi connectivity index (χ0) is 19.1. The Morgan fingerprint density at radius 3 is 2.50 bits per heavy atom. The first kappa shape index (κ1) is 18.6. The smallest absolute Gasteiger partial charge is 0.287 e. The first-order valence-corrected chi connectivity index (χ1v) is 9.46. The number of rotatable bonds is 4. The third-order valence-electron chi connectivity index (χ3n) is 4.48. The normalized spacial score (nSPS) is 18.0. The Kier molecular flexibility index (Phi) is 4.64. The van der Waals surface area contributed by atoms with E-state index in [0.29, 0.717) is 11.3 Å². The van der Waals surface area contributed by atoms with Crippen molar-refractivity contribution in [2.75, 3.05) is 0 Å². The molecule has 1 aliphatic rings. The molecular weight excluding hydrogens is 357 g/mol. The van der Waals surface area contributed by atoms with Gasteiger partial charge in [0, 0.05) is 5.56 Å². The Morgan fingerprint density at radius 1 is 1.23 bits per heavy atom. The molecule has 1 atom stereocenters. The number of ether oxygens (including phenoxy) is 1. The highest BCUT2D eigenvalue weighted by Gasteiger charge is 2.33. The van der Waals surface area contributed by atoms with E-state index in [1.807, 2.05) is 26.8 Å². The van der Waals surface area contributed by atoms with Gasteiger partial charge in [-0.05, 0) is 61.2 Å². The van der Waals surface area contributed by atoms with Crippen LogP contribution in [0.5, 0.6) is 5.75 Å². The zero-order valence-corrected chi connectivity index (χ0v) is 15.5. The lowest BCUT2D eigenvalue weighted by molar-refractivity contribution is 0.144. The molecule has 1 unspecified atom stereocenters. The van der Waals surface area contributed by atoms with Gasteiger partial charge in [-0.25, -0.2) is 9.17 Å². The Morgan fingerprint density at radius 2 is 1.88 bits per heavy atom. The topological polar surface area (TPSA) is 79.6 Å². The molecule has 1 aliphatic heterocycles. The summed E-state index contributed by atoms with van der Waals surface area (Å²) in [4.78, 5) is 0. The summed E-state index contributed by atoms with van der Waals surface area (Å²) in [6.07, 6.45) is 0. The summed E-state index contributed by atoms with van der Waals surface area (Å²) < 4.78 is 50.9. The van der Waals surface area contributed by atoms with Crippen molar-refractivity contribution in [1.82, 2.24) is 0 Å². The summed E-state index contributed by atoms with van der Waals surface area (Å²) in [7, 11) is -4.02. The maximum absolute atomic E-state index is 13.3. The quantitative estimate of drug-likeness (QED) is 0.804. The van der Waals surface area contributed by atoms with Crippen LogP contribution in [0.1, 0.15) is 37.5 Å². The predicted octanol–water partition coefficient (Wildman–Crippen LogP) is 4.77.